The van der Waals surface area contributed by atoms with Gasteiger partial charge in [0.2, 0.25) is 0 Å². The average Bonchev–Trinajstić information content (AvgIpc) is 2.44. The second-order valence-electron chi connectivity index (χ2n) is 5.02. The van der Waals surface area contributed by atoms with Crippen molar-refractivity contribution in [1.82, 2.24) is 5.32 Å². The van der Waals surface area contributed by atoms with Gasteiger partial charge in [0, 0.05) is 13.7 Å². The highest BCUT2D eigenvalue weighted by molar-refractivity contribution is 6.04. The first-order valence-electron chi connectivity index (χ1n) is 6.66. The highest BCUT2D eigenvalue weighted by atomic mass is 16.5. The van der Waals surface area contributed by atoms with Gasteiger partial charge >= 0.3 is 0 Å². The monoisotopic (exact) mass is 278 g/mol. The molecule has 5 heteroatoms. The Labute approximate surface area is 119 Å². The van der Waals surface area contributed by atoms with Crippen LogP contribution in [-0.4, -0.2) is 31.6 Å². The molecule has 2 amide bonds. The largest absolute Gasteiger partial charge is 0.372 e. The Hall–Kier alpha value is -1.88. The Kier molecular flexibility index (Phi) is 6.18. The van der Waals surface area contributed by atoms with Crippen molar-refractivity contribution in [3.8, 4) is 0 Å². The molecule has 1 aromatic carbocycles. The van der Waals surface area contributed by atoms with Crippen molar-refractivity contribution < 1.29 is 14.3 Å². The van der Waals surface area contributed by atoms with Gasteiger partial charge in [-0.1, -0.05) is 26.0 Å². The lowest BCUT2D eigenvalue weighted by Gasteiger charge is -2.14. The Morgan fingerprint density at radius 2 is 1.85 bits per heavy atom. The van der Waals surface area contributed by atoms with Crippen molar-refractivity contribution in [2.45, 2.75) is 26.9 Å². The third-order valence-electron chi connectivity index (χ3n) is 2.82. The van der Waals surface area contributed by atoms with E-state index in [2.05, 4.69) is 10.6 Å². The molecule has 110 valence electrons. The molecule has 2 N–H and O–H groups in total. The van der Waals surface area contributed by atoms with E-state index in [1.54, 1.807) is 31.2 Å². The zero-order valence-corrected chi connectivity index (χ0v) is 12.4. The summed E-state index contributed by atoms with van der Waals surface area (Å²) < 4.78 is 4.95. The molecule has 0 spiro atoms. The van der Waals surface area contributed by atoms with E-state index in [0.29, 0.717) is 23.7 Å². The van der Waals surface area contributed by atoms with Crippen LogP contribution in [0.2, 0.25) is 0 Å². The molecule has 0 aliphatic carbocycles. The molecule has 0 aromatic heterocycles. The standard InChI is InChI=1S/C15H22N2O3/c1-10(2)9-16-15(19)12-7-5-6-8-13(12)17-14(18)11(3)20-4/h5-8,10-11H,9H2,1-4H3,(H,16,19)(H,17,18). The minimum Gasteiger partial charge on any atom is -0.372 e. The normalized spacial score (nSPS) is 12.1. The van der Waals surface area contributed by atoms with E-state index in [1.165, 1.54) is 7.11 Å². The molecule has 0 radical (unpaired) electrons. The van der Waals surface area contributed by atoms with Crippen molar-refractivity contribution in [1.29, 1.82) is 0 Å². The smallest absolute Gasteiger partial charge is 0.253 e. The summed E-state index contributed by atoms with van der Waals surface area (Å²) in [6.45, 7) is 6.29. The van der Waals surface area contributed by atoms with Crippen molar-refractivity contribution in [2.75, 3.05) is 19.0 Å². The molecule has 1 atom stereocenters. The molecule has 0 aliphatic rings. The SMILES string of the molecule is COC(C)C(=O)Nc1ccccc1C(=O)NCC(C)C. The van der Waals surface area contributed by atoms with Gasteiger partial charge in [-0.25, -0.2) is 0 Å². The number of hydrogen-bond donors (Lipinski definition) is 2. The average molecular weight is 278 g/mol. The molecule has 1 aromatic rings. The highest BCUT2D eigenvalue weighted by Gasteiger charge is 2.16. The predicted octanol–water partition coefficient (Wildman–Crippen LogP) is 2.05. The Bertz CT molecular complexity index is 472. The van der Waals surface area contributed by atoms with Gasteiger partial charge in [0.1, 0.15) is 6.10 Å². The Morgan fingerprint density at radius 3 is 2.45 bits per heavy atom. The first-order chi connectivity index (χ1) is 9.45. The molecular formula is C15H22N2O3. The minimum atomic E-state index is -0.568. The molecule has 20 heavy (non-hydrogen) atoms. The lowest BCUT2D eigenvalue weighted by molar-refractivity contribution is -0.124. The Balaban J connectivity index is 2.82. The van der Waals surface area contributed by atoms with E-state index in [9.17, 15) is 9.59 Å². The number of anilines is 1. The van der Waals surface area contributed by atoms with Crippen LogP contribution in [0.25, 0.3) is 0 Å². The van der Waals surface area contributed by atoms with Gasteiger partial charge in [0.05, 0.1) is 11.3 Å². The molecule has 0 saturated heterocycles. The maximum absolute atomic E-state index is 12.1. The summed E-state index contributed by atoms with van der Waals surface area (Å²) in [5, 5.41) is 5.54. The summed E-state index contributed by atoms with van der Waals surface area (Å²) in [7, 11) is 1.46. The van der Waals surface area contributed by atoms with Crippen LogP contribution in [0.1, 0.15) is 31.1 Å². The van der Waals surface area contributed by atoms with Gasteiger partial charge in [-0.15, -0.1) is 0 Å². The van der Waals surface area contributed by atoms with E-state index in [4.69, 9.17) is 4.74 Å². The third-order valence-corrected chi connectivity index (χ3v) is 2.82. The van der Waals surface area contributed by atoms with E-state index in [0.717, 1.165) is 0 Å². The molecule has 1 rings (SSSR count). The second-order valence-corrected chi connectivity index (χ2v) is 5.02. The number of carbonyl (C=O) groups excluding carboxylic acids is 2. The van der Waals surface area contributed by atoms with Crippen LogP contribution in [0.3, 0.4) is 0 Å². The fraction of sp³-hybridized carbons (Fsp3) is 0.467. The number of hydrogen-bond acceptors (Lipinski definition) is 3. The number of amides is 2. The number of benzene rings is 1. The lowest BCUT2D eigenvalue weighted by Crippen LogP contribution is -2.30. The molecule has 0 saturated carbocycles. The zero-order chi connectivity index (χ0) is 15.1. The predicted molar refractivity (Wildman–Crippen MR) is 78.7 cm³/mol. The number of para-hydroxylation sites is 1. The van der Waals surface area contributed by atoms with Gasteiger partial charge in [-0.05, 0) is 25.0 Å². The second kappa shape index (κ2) is 7.65. The lowest BCUT2D eigenvalue weighted by atomic mass is 10.1. The number of nitrogens with one attached hydrogen (secondary N) is 2. The fourth-order valence-electron chi connectivity index (χ4n) is 1.52. The van der Waals surface area contributed by atoms with Crippen LogP contribution in [0.5, 0.6) is 0 Å². The summed E-state index contributed by atoms with van der Waals surface area (Å²) in [6, 6.07) is 6.92. The van der Waals surface area contributed by atoms with Gasteiger partial charge in [-0.3, -0.25) is 9.59 Å². The van der Waals surface area contributed by atoms with E-state index < -0.39 is 6.10 Å². The molecule has 0 heterocycles. The quantitative estimate of drug-likeness (QED) is 0.837. The van der Waals surface area contributed by atoms with Gasteiger partial charge < -0.3 is 15.4 Å². The number of methoxy groups -OCH3 is 1. The van der Waals surface area contributed by atoms with E-state index in [1.807, 2.05) is 13.8 Å². The van der Waals surface area contributed by atoms with Crippen LogP contribution in [0.15, 0.2) is 24.3 Å². The van der Waals surface area contributed by atoms with Gasteiger partial charge in [0.25, 0.3) is 11.8 Å². The molecule has 0 bridgehead atoms. The van der Waals surface area contributed by atoms with E-state index in [-0.39, 0.29) is 11.8 Å². The summed E-state index contributed by atoms with van der Waals surface area (Å²) in [5.74, 6) is -0.106. The van der Waals surface area contributed by atoms with Crippen LogP contribution in [0, 0.1) is 5.92 Å². The summed E-state index contributed by atoms with van der Waals surface area (Å²) in [5.41, 5.74) is 0.937. The molecule has 0 aliphatic heterocycles. The van der Waals surface area contributed by atoms with Gasteiger partial charge in [0.15, 0.2) is 0 Å². The molecular weight excluding hydrogens is 256 g/mol. The summed E-state index contributed by atoms with van der Waals surface area (Å²) in [6.07, 6.45) is -0.568. The molecule has 5 nitrogen and oxygen atoms in total. The number of ether oxygens (including phenoxy) is 1. The molecule has 0 fully saturated rings. The molecule has 1 unspecified atom stereocenters. The summed E-state index contributed by atoms with van der Waals surface area (Å²) in [4.78, 5) is 23.9. The van der Waals surface area contributed by atoms with Crippen molar-refractivity contribution in [3.63, 3.8) is 0 Å². The maximum Gasteiger partial charge on any atom is 0.253 e. The zero-order valence-electron chi connectivity index (χ0n) is 12.4. The van der Waals surface area contributed by atoms with Crippen LogP contribution >= 0.6 is 0 Å². The van der Waals surface area contributed by atoms with Crippen molar-refractivity contribution in [2.24, 2.45) is 5.92 Å². The maximum atomic E-state index is 12.1. The fourth-order valence-corrected chi connectivity index (χ4v) is 1.52. The first kappa shape index (κ1) is 16.2. The Morgan fingerprint density at radius 1 is 1.20 bits per heavy atom. The van der Waals surface area contributed by atoms with E-state index >= 15 is 0 Å². The van der Waals surface area contributed by atoms with Crippen molar-refractivity contribution >= 4 is 17.5 Å². The van der Waals surface area contributed by atoms with Gasteiger partial charge in [-0.2, -0.15) is 0 Å². The van der Waals surface area contributed by atoms with Crippen LogP contribution in [0.4, 0.5) is 5.69 Å². The minimum absolute atomic E-state index is 0.195. The van der Waals surface area contributed by atoms with Crippen molar-refractivity contribution in [3.05, 3.63) is 29.8 Å². The van der Waals surface area contributed by atoms with Crippen LogP contribution < -0.4 is 10.6 Å². The first-order valence-corrected chi connectivity index (χ1v) is 6.66. The third kappa shape index (κ3) is 4.66. The topological polar surface area (TPSA) is 67.4 Å². The number of rotatable bonds is 6. The number of carbonyl (C=O) groups is 2. The van der Waals surface area contributed by atoms with Crippen LogP contribution in [-0.2, 0) is 9.53 Å². The summed E-state index contributed by atoms with van der Waals surface area (Å²) >= 11 is 0. The highest BCUT2D eigenvalue weighted by Crippen LogP contribution is 2.15.